The zero-order valence-corrected chi connectivity index (χ0v) is 10.3. The summed E-state index contributed by atoms with van der Waals surface area (Å²) in [5, 5.41) is 4.19. The molecule has 0 saturated heterocycles. The molecule has 0 bridgehead atoms. The molecule has 0 spiro atoms. The Bertz CT molecular complexity index is 145. The number of hydrogen-bond acceptors (Lipinski definition) is 2. The highest BCUT2D eigenvalue weighted by atomic mass is 15.3. The highest BCUT2D eigenvalue weighted by molar-refractivity contribution is 5.56. The lowest BCUT2D eigenvalue weighted by molar-refractivity contribution is 0.441. The number of nitrogens with one attached hydrogen (secondary N) is 1. The summed E-state index contributed by atoms with van der Waals surface area (Å²) in [5.41, 5.74) is 3.19. The van der Waals surface area contributed by atoms with Gasteiger partial charge in [-0.2, -0.15) is 5.10 Å². The van der Waals surface area contributed by atoms with E-state index in [2.05, 4.69) is 38.2 Å². The van der Waals surface area contributed by atoms with Crippen LogP contribution in [0.3, 0.4) is 0 Å². The molecule has 0 saturated carbocycles. The summed E-state index contributed by atoms with van der Waals surface area (Å²) in [6.45, 7) is 8.59. The number of rotatable bonds is 7. The van der Waals surface area contributed by atoms with E-state index in [9.17, 15) is 0 Å². The van der Waals surface area contributed by atoms with Crippen molar-refractivity contribution in [1.82, 2.24) is 5.43 Å². The maximum absolute atomic E-state index is 4.19. The third kappa shape index (κ3) is 11.5. The van der Waals surface area contributed by atoms with Crippen LogP contribution in [-0.2, 0) is 0 Å². The third-order valence-corrected chi connectivity index (χ3v) is 1.93. The number of nitrogens with zero attached hydrogens (tertiary/aromatic N) is 1. The normalized spacial score (nSPS) is 12.3. The standard InChI is InChI=1S/C12H26N2/c1-5-6-7-8-9-10-11-13-14-12(2,3)4/h11,14H,5-10H2,1-4H3/b13-11+. The largest absolute Gasteiger partial charge is 0.305 e. The predicted molar refractivity (Wildman–Crippen MR) is 64.8 cm³/mol. The first-order chi connectivity index (χ1) is 6.56. The van der Waals surface area contributed by atoms with Crippen LogP contribution in [0.2, 0.25) is 0 Å². The smallest absolute Gasteiger partial charge is 0.0464 e. The fourth-order valence-corrected chi connectivity index (χ4v) is 1.14. The number of unbranched alkanes of at least 4 members (excludes halogenated alkanes) is 5. The van der Waals surface area contributed by atoms with Crippen molar-refractivity contribution in [3.63, 3.8) is 0 Å². The summed E-state index contributed by atoms with van der Waals surface area (Å²) in [7, 11) is 0. The van der Waals surface area contributed by atoms with Gasteiger partial charge >= 0.3 is 0 Å². The molecule has 0 heterocycles. The Morgan fingerprint density at radius 1 is 1.07 bits per heavy atom. The van der Waals surface area contributed by atoms with Gasteiger partial charge in [-0.1, -0.05) is 32.6 Å². The van der Waals surface area contributed by atoms with Gasteiger partial charge in [0.1, 0.15) is 0 Å². The molecule has 0 aromatic carbocycles. The zero-order chi connectivity index (χ0) is 10.9. The van der Waals surface area contributed by atoms with Gasteiger partial charge in [0.2, 0.25) is 0 Å². The van der Waals surface area contributed by atoms with Crippen LogP contribution in [0.4, 0.5) is 0 Å². The van der Waals surface area contributed by atoms with Gasteiger partial charge in [-0.05, 0) is 33.6 Å². The zero-order valence-electron chi connectivity index (χ0n) is 10.3. The molecular weight excluding hydrogens is 172 g/mol. The minimum Gasteiger partial charge on any atom is -0.305 e. The van der Waals surface area contributed by atoms with Gasteiger partial charge in [-0.25, -0.2) is 0 Å². The summed E-state index contributed by atoms with van der Waals surface area (Å²) < 4.78 is 0. The molecule has 2 heteroatoms. The molecule has 2 nitrogen and oxygen atoms in total. The molecule has 0 aliphatic heterocycles. The van der Waals surface area contributed by atoms with Crippen LogP contribution in [0, 0.1) is 0 Å². The molecule has 0 atom stereocenters. The SMILES string of the molecule is CCCCCCC/C=N/NC(C)(C)C. The Labute approximate surface area is 89.2 Å². The molecule has 0 unspecified atom stereocenters. The van der Waals surface area contributed by atoms with Crippen molar-refractivity contribution in [3.05, 3.63) is 0 Å². The average molecular weight is 198 g/mol. The van der Waals surface area contributed by atoms with E-state index < -0.39 is 0 Å². The van der Waals surface area contributed by atoms with E-state index in [4.69, 9.17) is 0 Å². The molecule has 1 N–H and O–H groups in total. The molecule has 0 aliphatic carbocycles. The summed E-state index contributed by atoms with van der Waals surface area (Å²) >= 11 is 0. The van der Waals surface area contributed by atoms with Gasteiger partial charge < -0.3 is 5.43 Å². The van der Waals surface area contributed by atoms with E-state index >= 15 is 0 Å². The van der Waals surface area contributed by atoms with Crippen molar-refractivity contribution >= 4 is 6.21 Å². The lowest BCUT2D eigenvalue weighted by Gasteiger charge is -2.16. The third-order valence-electron chi connectivity index (χ3n) is 1.93. The minimum atomic E-state index is 0.0959. The molecule has 0 aromatic heterocycles. The maximum atomic E-state index is 4.19. The topological polar surface area (TPSA) is 24.4 Å². The van der Waals surface area contributed by atoms with Crippen molar-refractivity contribution in [2.75, 3.05) is 0 Å². The summed E-state index contributed by atoms with van der Waals surface area (Å²) in [6.07, 6.45) is 9.78. The first kappa shape index (κ1) is 13.5. The molecule has 14 heavy (non-hydrogen) atoms. The highest BCUT2D eigenvalue weighted by Crippen LogP contribution is 2.03. The van der Waals surface area contributed by atoms with Crippen molar-refractivity contribution in [2.45, 2.75) is 71.8 Å². The fraction of sp³-hybridized carbons (Fsp3) is 0.917. The molecule has 0 radical (unpaired) electrons. The molecule has 0 rings (SSSR count). The van der Waals surface area contributed by atoms with Crippen molar-refractivity contribution in [3.8, 4) is 0 Å². The predicted octanol–water partition coefficient (Wildman–Crippen LogP) is 3.72. The van der Waals surface area contributed by atoms with Gasteiger partial charge in [0.25, 0.3) is 0 Å². The van der Waals surface area contributed by atoms with Gasteiger partial charge in [0.15, 0.2) is 0 Å². The van der Waals surface area contributed by atoms with Crippen molar-refractivity contribution < 1.29 is 0 Å². The van der Waals surface area contributed by atoms with Crippen LogP contribution in [-0.4, -0.2) is 11.8 Å². The summed E-state index contributed by atoms with van der Waals surface area (Å²) in [4.78, 5) is 0. The van der Waals surface area contributed by atoms with Crippen LogP contribution in [0.1, 0.15) is 66.2 Å². The van der Waals surface area contributed by atoms with Gasteiger partial charge in [0.05, 0.1) is 0 Å². The van der Waals surface area contributed by atoms with E-state index in [0.29, 0.717) is 0 Å². The monoisotopic (exact) mass is 198 g/mol. The second kappa shape index (κ2) is 7.84. The molecule has 0 amide bonds. The number of hydrazone groups is 1. The van der Waals surface area contributed by atoms with E-state index in [1.54, 1.807) is 0 Å². The Morgan fingerprint density at radius 2 is 1.71 bits per heavy atom. The molecule has 84 valence electrons. The van der Waals surface area contributed by atoms with Crippen LogP contribution in [0.5, 0.6) is 0 Å². The van der Waals surface area contributed by atoms with E-state index in [0.717, 1.165) is 6.42 Å². The first-order valence-corrected chi connectivity index (χ1v) is 5.85. The first-order valence-electron chi connectivity index (χ1n) is 5.85. The lowest BCUT2D eigenvalue weighted by atomic mass is 10.1. The second-order valence-electron chi connectivity index (χ2n) is 4.88. The van der Waals surface area contributed by atoms with Gasteiger partial charge in [-0.3, -0.25) is 0 Å². The quantitative estimate of drug-likeness (QED) is 0.376. The van der Waals surface area contributed by atoms with Crippen LogP contribution >= 0.6 is 0 Å². The average Bonchev–Trinajstić information content (AvgIpc) is 2.08. The lowest BCUT2D eigenvalue weighted by Crippen LogP contribution is -2.31. The Kier molecular flexibility index (Phi) is 7.54. The highest BCUT2D eigenvalue weighted by Gasteiger charge is 2.05. The second-order valence-corrected chi connectivity index (χ2v) is 4.88. The number of hydrogen-bond donors (Lipinski definition) is 1. The van der Waals surface area contributed by atoms with E-state index in [1.807, 2.05) is 6.21 Å². The molecular formula is C12H26N2. The van der Waals surface area contributed by atoms with Crippen molar-refractivity contribution in [1.29, 1.82) is 0 Å². The summed E-state index contributed by atoms with van der Waals surface area (Å²) in [6, 6.07) is 0. The van der Waals surface area contributed by atoms with E-state index in [1.165, 1.54) is 32.1 Å². The van der Waals surface area contributed by atoms with Crippen molar-refractivity contribution in [2.24, 2.45) is 5.10 Å². The molecule has 0 fully saturated rings. The Hall–Kier alpha value is -0.530. The maximum Gasteiger partial charge on any atom is 0.0464 e. The van der Waals surface area contributed by atoms with Gasteiger partial charge in [0, 0.05) is 11.8 Å². The van der Waals surface area contributed by atoms with E-state index in [-0.39, 0.29) is 5.54 Å². The van der Waals surface area contributed by atoms with Gasteiger partial charge in [-0.15, -0.1) is 0 Å². The summed E-state index contributed by atoms with van der Waals surface area (Å²) in [5.74, 6) is 0. The van der Waals surface area contributed by atoms with Crippen LogP contribution < -0.4 is 5.43 Å². The Morgan fingerprint density at radius 3 is 2.29 bits per heavy atom. The Balaban J connectivity index is 3.19. The fourth-order valence-electron chi connectivity index (χ4n) is 1.14. The molecule has 0 aliphatic rings. The minimum absolute atomic E-state index is 0.0959. The van der Waals surface area contributed by atoms with Crippen LogP contribution in [0.15, 0.2) is 5.10 Å². The molecule has 0 aromatic rings. The van der Waals surface area contributed by atoms with Crippen LogP contribution in [0.25, 0.3) is 0 Å².